The number of sulfonamides is 1. The first kappa shape index (κ1) is 23.1. The molecule has 2 aromatic rings. The van der Waals surface area contributed by atoms with Gasteiger partial charge in [0.25, 0.3) is 0 Å². The van der Waals surface area contributed by atoms with Crippen molar-refractivity contribution in [3.05, 3.63) is 58.6 Å². The highest BCUT2D eigenvalue weighted by molar-refractivity contribution is 7.89. The second-order valence-corrected chi connectivity index (χ2v) is 11.7. The van der Waals surface area contributed by atoms with Crippen LogP contribution in [0.4, 0.5) is 0 Å². The van der Waals surface area contributed by atoms with Gasteiger partial charge < -0.3 is 10.1 Å². The summed E-state index contributed by atoms with van der Waals surface area (Å²) in [5, 5.41) is 3.66. The van der Waals surface area contributed by atoms with Crippen LogP contribution < -0.4 is 10.1 Å². The van der Waals surface area contributed by atoms with Crippen LogP contribution in [0.2, 0.25) is 5.02 Å². The predicted octanol–water partition coefficient (Wildman–Crippen LogP) is 4.47. The molecule has 0 spiro atoms. The zero-order valence-electron chi connectivity index (χ0n) is 18.6. The van der Waals surface area contributed by atoms with E-state index in [9.17, 15) is 13.2 Å². The number of amides is 1. The van der Waals surface area contributed by atoms with Gasteiger partial charge in [0.2, 0.25) is 15.9 Å². The van der Waals surface area contributed by atoms with Gasteiger partial charge in [0.05, 0.1) is 16.9 Å². The summed E-state index contributed by atoms with van der Waals surface area (Å²) in [6.45, 7) is 6.61. The summed E-state index contributed by atoms with van der Waals surface area (Å²) >= 11 is 5.90. The molecule has 0 unspecified atom stereocenters. The molecule has 0 bridgehead atoms. The van der Waals surface area contributed by atoms with E-state index < -0.39 is 21.5 Å². The van der Waals surface area contributed by atoms with Gasteiger partial charge in [-0.2, -0.15) is 4.31 Å². The molecule has 2 aromatic carbocycles. The second-order valence-electron chi connectivity index (χ2n) is 9.32. The zero-order valence-corrected chi connectivity index (χ0v) is 20.2. The maximum Gasteiger partial charge on any atom is 0.243 e. The van der Waals surface area contributed by atoms with Crippen LogP contribution in [-0.2, 0) is 14.8 Å². The number of halogens is 1. The number of nitrogens with one attached hydrogen (secondary N) is 1. The smallest absolute Gasteiger partial charge is 0.243 e. The molecule has 6 nitrogen and oxygen atoms in total. The molecule has 0 aromatic heterocycles. The number of fused-ring (bicyclic) bond motifs is 1. The molecule has 2 heterocycles. The van der Waals surface area contributed by atoms with E-state index in [1.54, 1.807) is 12.1 Å². The Hall–Kier alpha value is -2.09. The molecule has 4 rings (SSSR count). The minimum Gasteiger partial charge on any atom is -0.487 e. The number of benzene rings is 2. The average molecular weight is 477 g/mol. The Morgan fingerprint density at radius 1 is 1.19 bits per heavy atom. The predicted molar refractivity (Wildman–Crippen MR) is 124 cm³/mol. The fourth-order valence-corrected chi connectivity index (χ4v) is 6.16. The quantitative estimate of drug-likeness (QED) is 0.706. The molecule has 8 heteroatoms. The van der Waals surface area contributed by atoms with Crippen molar-refractivity contribution in [2.24, 2.45) is 5.92 Å². The van der Waals surface area contributed by atoms with Crippen LogP contribution in [0.25, 0.3) is 0 Å². The number of hydrogen-bond donors (Lipinski definition) is 1. The van der Waals surface area contributed by atoms with E-state index in [1.165, 1.54) is 16.4 Å². The summed E-state index contributed by atoms with van der Waals surface area (Å²) in [6.07, 6.45) is 1.94. The van der Waals surface area contributed by atoms with Crippen LogP contribution in [0.15, 0.2) is 47.4 Å². The van der Waals surface area contributed by atoms with Crippen LogP contribution in [0.3, 0.4) is 0 Å². The monoisotopic (exact) mass is 476 g/mol. The summed E-state index contributed by atoms with van der Waals surface area (Å²) in [5.74, 6) is 0.281. The molecular formula is C24H29ClN2O4S. The third kappa shape index (κ3) is 4.80. The van der Waals surface area contributed by atoms with E-state index >= 15 is 0 Å². The van der Waals surface area contributed by atoms with Crippen molar-refractivity contribution in [3.8, 4) is 5.75 Å². The summed E-state index contributed by atoms with van der Waals surface area (Å²) < 4.78 is 33.7. The molecule has 1 N–H and O–H groups in total. The first-order valence-electron chi connectivity index (χ1n) is 10.9. The van der Waals surface area contributed by atoms with Gasteiger partial charge >= 0.3 is 0 Å². The lowest BCUT2D eigenvalue weighted by Gasteiger charge is -2.39. The SMILES string of the molecule is Cc1ccc2c(c1)OC(C)(C)C[C@H]2NC(=O)[C@H]1CCCN(S(=O)(=O)c2ccc(Cl)cc2)C1. The lowest BCUT2D eigenvalue weighted by molar-refractivity contribution is -0.127. The lowest BCUT2D eigenvalue weighted by Crippen LogP contribution is -2.48. The van der Waals surface area contributed by atoms with Crippen molar-refractivity contribution >= 4 is 27.5 Å². The molecule has 2 aliphatic rings. The summed E-state index contributed by atoms with van der Waals surface area (Å²) in [6, 6.07) is 12.0. The zero-order chi connectivity index (χ0) is 23.1. The summed E-state index contributed by atoms with van der Waals surface area (Å²) in [7, 11) is -3.68. The van der Waals surface area contributed by atoms with Crippen molar-refractivity contribution in [1.29, 1.82) is 0 Å². The molecule has 0 aliphatic carbocycles. The van der Waals surface area contributed by atoms with Gasteiger partial charge in [-0.15, -0.1) is 0 Å². The number of carbonyl (C=O) groups is 1. The van der Waals surface area contributed by atoms with E-state index in [0.717, 1.165) is 16.9 Å². The van der Waals surface area contributed by atoms with Gasteiger partial charge in [-0.3, -0.25) is 4.79 Å². The van der Waals surface area contributed by atoms with Gasteiger partial charge in [0.15, 0.2) is 0 Å². The van der Waals surface area contributed by atoms with Crippen LogP contribution in [-0.4, -0.2) is 37.3 Å². The fourth-order valence-electron chi connectivity index (χ4n) is 4.51. The van der Waals surface area contributed by atoms with E-state index in [1.807, 2.05) is 39.0 Å². The molecule has 2 atom stereocenters. The fraction of sp³-hybridized carbons (Fsp3) is 0.458. The topological polar surface area (TPSA) is 75.7 Å². The largest absolute Gasteiger partial charge is 0.487 e. The normalized spacial score (nSPS) is 23.1. The van der Waals surface area contributed by atoms with Gasteiger partial charge in [0.1, 0.15) is 11.4 Å². The number of ether oxygens (including phenoxy) is 1. The maximum atomic E-state index is 13.2. The number of hydrogen-bond acceptors (Lipinski definition) is 4. The first-order chi connectivity index (χ1) is 15.0. The van der Waals surface area contributed by atoms with Gasteiger partial charge in [-0.1, -0.05) is 23.7 Å². The highest BCUT2D eigenvalue weighted by Crippen LogP contribution is 2.40. The highest BCUT2D eigenvalue weighted by atomic mass is 35.5. The first-order valence-corrected chi connectivity index (χ1v) is 12.7. The molecule has 172 valence electrons. The lowest BCUT2D eigenvalue weighted by atomic mass is 9.88. The Morgan fingerprint density at radius 3 is 2.62 bits per heavy atom. The molecule has 0 radical (unpaired) electrons. The third-order valence-corrected chi connectivity index (χ3v) is 8.28. The van der Waals surface area contributed by atoms with Crippen molar-refractivity contribution in [2.75, 3.05) is 13.1 Å². The molecule has 32 heavy (non-hydrogen) atoms. The Bertz CT molecular complexity index is 1120. The Kier molecular flexibility index (Phi) is 6.27. The Balaban J connectivity index is 1.50. The van der Waals surface area contributed by atoms with Crippen LogP contribution in [0.5, 0.6) is 5.75 Å². The number of aryl methyl sites for hydroxylation is 1. The average Bonchev–Trinajstić information content (AvgIpc) is 2.73. The molecule has 1 amide bonds. The Morgan fingerprint density at radius 2 is 1.91 bits per heavy atom. The van der Waals surface area contributed by atoms with E-state index in [2.05, 4.69) is 5.32 Å². The minimum atomic E-state index is -3.68. The van der Waals surface area contributed by atoms with E-state index in [0.29, 0.717) is 30.8 Å². The standard InChI is InChI=1S/C24H29ClN2O4S/c1-16-6-11-20-21(14-24(2,3)31-22(20)13-16)26-23(28)17-5-4-12-27(15-17)32(29,30)19-9-7-18(25)8-10-19/h6-11,13,17,21H,4-5,12,14-15H2,1-3H3,(H,26,28)/t17-,21+/m0/s1. The molecule has 1 fully saturated rings. The van der Waals surface area contributed by atoms with Crippen molar-refractivity contribution in [2.45, 2.75) is 56.6 Å². The third-order valence-electron chi connectivity index (χ3n) is 6.15. The van der Waals surface area contributed by atoms with Gasteiger partial charge in [0, 0.05) is 30.1 Å². The van der Waals surface area contributed by atoms with Gasteiger partial charge in [-0.25, -0.2) is 8.42 Å². The number of rotatable bonds is 4. The molecular weight excluding hydrogens is 448 g/mol. The number of nitrogens with zero attached hydrogens (tertiary/aromatic N) is 1. The van der Waals surface area contributed by atoms with Gasteiger partial charge in [-0.05, 0) is 69.5 Å². The highest BCUT2D eigenvalue weighted by Gasteiger charge is 2.38. The minimum absolute atomic E-state index is 0.116. The number of piperidine rings is 1. The van der Waals surface area contributed by atoms with Crippen molar-refractivity contribution in [1.82, 2.24) is 9.62 Å². The molecule has 2 aliphatic heterocycles. The van der Waals surface area contributed by atoms with Crippen LogP contribution in [0.1, 0.15) is 50.3 Å². The second kappa shape index (κ2) is 8.69. The van der Waals surface area contributed by atoms with E-state index in [4.69, 9.17) is 16.3 Å². The van der Waals surface area contributed by atoms with Crippen LogP contribution in [0, 0.1) is 12.8 Å². The van der Waals surface area contributed by atoms with Crippen LogP contribution >= 0.6 is 11.6 Å². The maximum absolute atomic E-state index is 13.2. The number of carbonyl (C=O) groups excluding carboxylic acids is 1. The Labute approximate surface area is 195 Å². The van der Waals surface area contributed by atoms with E-state index in [-0.39, 0.29) is 23.4 Å². The summed E-state index contributed by atoms with van der Waals surface area (Å²) in [5.41, 5.74) is 1.65. The molecule has 1 saturated heterocycles. The van der Waals surface area contributed by atoms with Crippen molar-refractivity contribution in [3.63, 3.8) is 0 Å². The van der Waals surface area contributed by atoms with Crippen molar-refractivity contribution < 1.29 is 17.9 Å². The molecule has 0 saturated carbocycles. The summed E-state index contributed by atoms with van der Waals surface area (Å²) in [4.78, 5) is 13.4.